The van der Waals surface area contributed by atoms with Gasteiger partial charge in [-0.1, -0.05) is 105 Å². The number of amides is 2. The molecule has 0 heterocycles. The van der Waals surface area contributed by atoms with Crippen LogP contribution in [-0.4, -0.2) is 50.5 Å². The summed E-state index contributed by atoms with van der Waals surface area (Å²) >= 11 is 12.7. The fraction of sp³-hybridized carbons (Fsp3) is 0.375. The lowest BCUT2D eigenvalue weighted by molar-refractivity contribution is -0.140. The molecule has 7 nitrogen and oxygen atoms in total. The Balaban J connectivity index is 2.11. The van der Waals surface area contributed by atoms with Crippen LogP contribution in [-0.2, 0) is 32.6 Å². The Labute approximate surface area is 259 Å². The lowest BCUT2D eigenvalue weighted by atomic mass is 10.0. The molecule has 0 saturated heterocycles. The van der Waals surface area contributed by atoms with Gasteiger partial charge in [0.05, 0.1) is 11.9 Å². The van der Waals surface area contributed by atoms with Crippen LogP contribution in [0.25, 0.3) is 0 Å². The van der Waals surface area contributed by atoms with E-state index in [0.717, 1.165) is 21.7 Å². The van der Waals surface area contributed by atoms with Crippen molar-refractivity contribution in [2.75, 3.05) is 23.7 Å². The fourth-order valence-electron chi connectivity index (χ4n) is 4.61. The van der Waals surface area contributed by atoms with Gasteiger partial charge in [-0.25, -0.2) is 8.42 Å². The van der Waals surface area contributed by atoms with Gasteiger partial charge in [0.1, 0.15) is 12.6 Å². The minimum Gasteiger partial charge on any atom is -0.354 e. The summed E-state index contributed by atoms with van der Waals surface area (Å²) < 4.78 is 27.4. The van der Waals surface area contributed by atoms with E-state index >= 15 is 0 Å². The topological polar surface area (TPSA) is 86.8 Å². The molecule has 3 aromatic rings. The molecule has 0 aromatic heterocycles. The minimum absolute atomic E-state index is 0.0113. The quantitative estimate of drug-likeness (QED) is 0.240. The standard InChI is InChI=1S/C32H39Cl2N3O4S/c1-22(2)19-35-32(39)30(17-24-11-7-6-8-12-24)36(20-25-15-16-26(33)18-28(25)34)31(38)21-37(42(5,40)41)29-14-10-9-13-27(29)23(3)4/h6-16,18,22-23,30H,17,19-21H2,1-5H3,(H,35,39). The summed E-state index contributed by atoms with van der Waals surface area (Å²) in [5, 5.41) is 3.74. The molecule has 0 aliphatic heterocycles. The number of nitrogens with one attached hydrogen (secondary N) is 1. The van der Waals surface area contributed by atoms with E-state index in [2.05, 4.69) is 5.32 Å². The van der Waals surface area contributed by atoms with Gasteiger partial charge in [-0.2, -0.15) is 0 Å². The lowest BCUT2D eigenvalue weighted by Crippen LogP contribution is -2.53. The molecule has 3 aromatic carbocycles. The zero-order valence-electron chi connectivity index (χ0n) is 24.7. The molecule has 0 radical (unpaired) electrons. The molecule has 1 atom stereocenters. The first-order valence-corrected chi connectivity index (χ1v) is 16.5. The zero-order valence-corrected chi connectivity index (χ0v) is 27.0. The first-order chi connectivity index (χ1) is 19.8. The third-order valence-corrected chi connectivity index (χ3v) is 8.53. The molecule has 2 amide bonds. The molecule has 1 unspecified atom stereocenters. The molecule has 1 N–H and O–H groups in total. The maximum Gasteiger partial charge on any atom is 0.244 e. The van der Waals surface area contributed by atoms with Gasteiger partial charge in [-0.3, -0.25) is 13.9 Å². The summed E-state index contributed by atoms with van der Waals surface area (Å²) in [6.45, 7) is 7.81. The Morgan fingerprint density at radius 3 is 2.14 bits per heavy atom. The van der Waals surface area contributed by atoms with E-state index in [1.165, 1.54) is 4.90 Å². The van der Waals surface area contributed by atoms with Gasteiger partial charge >= 0.3 is 0 Å². The van der Waals surface area contributed by atoms with Gasteiger partial charge in [0, 0.05) is 29.6 Å². The number of carbonyl (C=O) groups is 2. The number of halogens is 2. The number of rotatable bonds is 13. The average molecular weight is 633 g/mol. The average Bonchev–Trinajstić information content (AvgIpc) is 2.93. The molecular weight excluding hydrogens is 593 g/mol. The lowest BCUT2D eigenvalue weighted by Gasteiger charge is -2.34. The fourth-order valence-corrected chi connectivity index (χ4v) is 5.94. The van der Waals surface area contributed by atoms with E-state index in [0.29, 0.717) is 27.8 Å². The monoisotopic (exact) mass is 631 g/mol. The number of sulfonamides is 1. The number of hydrogen-bond donors (Lipinski definition) is 1. The SMILES string of the molecule is CC(C)CNC(=O)C(Cc1ccccc1)N(Cc1ccc(Cl)cc1Cl)C(=O)CN(c1ccccc1C(C)C)S(C)(=O)=O. The maximum absolute atomic E-state index is 14.3. The highest BCUT2D eigenvalue weighted by Crippen LogP contribution is 2.30. The van der Waals surface area contributed by atoms with Crippen molar-refractivity contribution in [3.63, 3.8) is 0 Å². The van der Waals surface area contributed by atoms with Crippen molar-refractivity contribution in [1.82, 2.24) is 10.2 Å². The smallest absolute Gasteiger partial charge is 0.244 e. The molecule has 226 valence electrons. The van der Waals surface area contributed by atoms with Gasteiger partial charge in [-0.05, 0) is 46.7 Å². The summed E-state index contributed by atoms with van der Waals surface area (Å²) in [5.41, 5.74) is 2.65. The van der Waals surface area contributed by atoms with Crippen LogP contribution in [0.15, 0.2) is 72.8 Å². The first-order valence-electron chi connectivity index (χ1n) is 13.9. The van der Waals surface area contributed by atoms with Crippen LogP contribution in [0, 0.1) is 5.92 Å². The number of para-hydroxylation sites is 1. The van der Waals surface area contributed by atoms with E-state index in [1.54, 1.807) is 30.3 Å². The summed E-state index contributed by atoms with van der Waals surface area (Å²) in [5.74, 6) is -0.670. The van der Waals surface area contributed by atoms with E-state index in [9.17, 15) is 18.0 Å². The van der Waals surface area contributed by atoms with Crippen LogP contribution in [0.2, 0.25) is 10.0 Å². The third-order valence-electron chi connectivity index (χ3n) is 6.82. The van der Waals surface area contributed by atoms with E-state index in [4.69, 9.17) is 23.2 Å². The maximum atomic E-state index is 14.3. The van der Waals surface area contributed by atoms with Crippen LogP contribution < -0.4 is 9.62 Å². The Bertz CT molecular complexity index is 1480. The second-order valence-corrected chi connectivity index (χ2v) is 13.8. The second-order valence-electron chi connectivity index (χ2n) is 11.1. The van der Waals surface area contributed by atoms with Crippen molar-refractivity contribution in [3.05, 3.63) is 99.5 Å². The predicted octanol–water partition coefficient (Wildman–Crippen LogP) is 6.30. The van der Waals surface area contributed by atoms with Gasteiger partial charge in [-0.15, -0.1) is 0 Å². The summed E-state index contributed by atoms with van der Waals surface area (Å²) in [7, 11) is -3.87. The second kappa shape index (κ2) is 14.9. The van der Waals surface area contributed by atoms with Crippen LogP contribution in [0.1, 0.15) is 50.3 Å². The highest BCUT2D eigenvalue weighted by Gasteiger charge is 2.34. The normalized spacial score (nSPS) is 12.3. The molecule has 10 heteroatoms. The van der Waals surface area contributed by atoms with Crippen molar-refractivity contribution in [2.24, 2.45) is 5.92 Å². The van der Waals surface area contributed by atoms with Gasteiger partial charge < -0.3 is 10.2 Å². The number of nitrogens with zero attached hydrogens (tertiary/aromatic N) is 2. The number of carbonyl (C=O) groups excluding carboxylic acids is 2. The van der Waals surface area contributed by atoms with Crippen LogP contribution in [0.3, 0.4) is 0 Å². The zero-order chi connectivity index (χ0) is 31.0. The largest absolute Gasteiger partial charge is 0.354 e. The molecular formula is C32H39Cl2N3O4S. The number of benzene rings is 3. The van der Waals surface area contributed by atoms with Gasteiger partial charge in [0.25, 0.3) is 0 Å². The van der Waals surface area contributed by atoms with Crippen LogP contribution in [0.4, 0.5) is 5.69 Å². The predicted molar refractivity (Wildman–Crippen MR) is 172 cm³/mol. The Morgan fingerprint density at radius 1 is 0.905 bits per heavy atom. The third kappa shape index (κ3) is 9.21. The molecule has 0 bridgehead atoms. The van der Waals surface area contributed by atoms with Crippen LogP contribution >= 0.6 is 23.2 Å². The molecule has 0 saturated carbocycles. The number of anilines is 1. The summed E-state index contributed by atoms with van der Waals surface area (Å²) in [6.07, 6.45) is 1.30. The van der Waals surface area contributed by atoms with E-state index in [-0.39, 0.29) is 30.7 Å². The highest BCUT2D eigenvalue weighted by atomic mass is 35.5. The van der Waals surface area contributed by atoms with Crippen LogP contribution in [0.5, 0.6) is 0 Å². The molecule has 0 aliphatic rings. The molecule has 0 aliphatic carbocycles. The van der Waals surface area contributed by atoms with Crippen molar-refractivity contribution >= 4 is 50.7 Å². The molecule has 0 spiro atoms. The Kier molecular flexibility index (Phi) is 11.9. The van der Waals surface area contributed by atoms with Crippen molar-refractivity contribution in [1.29, 1.82) is 0 Å². The number of hydrogen-bond acceptors (Lipinski definition) is 4. The molecule has 0 fully saturated rings. The first kappa shape index (κ1) is 33.4. The van der Waals surface area contributed by atoms with Crippen molar-refractivity contribution in [2.45, 2.75) is 52.6 Å². The molecule has 42 heavy (non-hydrogen) atoms. The Hall–Kier alpha value is -3.07. The van der Waals surface area contributed by atoms with Gasteiger partial charge in [0.15, 0.2) is 0 Å². The Morgan fingerprint density at radius 2 is 1.55 bits per heavy atom. The highest BCUT2D eigenvalue weighted by molar-refractivity contribution is 7.92. The molecule has 3 rings (SSSR count). The summed E-state index contributed by atoms with van der Waals surface area (Å²) in [6, 6.07) is 20.5. The summed E-state index contributed by atoms with van der Waals surface area (Å²) in [4.78, 5) is 29.4. The van der Waals surface area contributed by atoms with Crippen molar-refractivity contribution in [3.8, 4) is 0 Å². The van der Waals surface area contributed by atoms with Crippen molar-refractivity contribution < 1.29 is 18.0 Å². The minimum atomic E-state index is -3.87. The van der Waals surface area contributed by atoms with E-state index < -0.39 is 28.5 Å². The van der Waals surface area contributed by atoms with Gasteiger partial charge in [0.2, 0.25) is 21.8 Å². The van der Waals surface area contributed by atoms with E-state index in [1.807, 2.05) is 70.2 Å².